The van der Waals surface area contributed by atoms with Gasteiger partial charge in [0.15, 0.2) is 6.19 Å². The van der Waals surface area contributed by atoms with Crippen molar-refractivity contribution in [2.75, 3.05) is 0 Å². The largest absolute Gasteiger partial charge is 0.300 e. The smallest absolute Gasteiger partial charge is 0.180 e. The second-order valence-electron chi connectivity index (χ2n) is 3.85. The Kier molecular flexibility index (Phi) is 1.90. The molecule has 1 N–H and O–H groups in total. The van der Waals surface area contributed by atoms with Crippen molar-refractivity contribution in [2.24, 2.45) is 0 Å². The minimum atomic E-state index is 0.645. The zero-order valence-corrected chi connectivity index (χ0v) is 8.64. The van der Waals surface area contributed by atoms with E-state index in [0.717, 1.165) is 22.5 Å². The molecular weight excluding hydrogens is 200 g/mol. The molecule has 3 rings (SSSR count). The molecule has 0 saturated heterocycles. The van der Waals surface area contributed by atoms with Crippen LogP contribution in [0.1, 0.15) is 11.3 Å². The fourth-order valence-electron chi connectivity index (χ4n) is 2.05. The van der Waals surface area contributed by atoms with Crippen LogP contribution in [0.2, 0.25) is 0 Å². The van der Waals surface area contributed by atoms with E-state index >= 15 is 0 Å². The molecule has 0 atom stereocenters. The van der Waals surface area contributed by atoms with Gasteiger partial charge in [0, 0.05) is 11.1 Å². The molecule has 0 spiro atoms. The van der Waals surface area contributed by atoms with Crippen molar-refractivity contribution in [2.45, 2.75) is 13.1 Å². The topological polar surface area (TPSA) is 55.7 Å². The van der Waals surface area contributed by atoms with Gasteiger partial charge >= 0.3 is 0 Å². The second-order valence-corrected chi connectivity index (χ2v) is 3.85. The number of aromatic amines is 1. The van der Waals surface area contributed by atoms with Gasteiger partial charge in [-0.1, -0.05) is 30.3 Å². The molecule has 0 amide bonds. The zero-order chi connectivity index (χ0) is 11.0. The normalized spacial score (nSPS) is 13.6. The third kappa shape index (κ3) is 1.26. The number of nitriles is 1. The monoisotopic (exact) mass is 210 g/mol. The van der Waals surface area contributed by atoms with Crippen molar-refractivity contribution in [3.8, 4) is 17.5 Å². The van der Waals surface area contributed by atoms with Gasteiger partial charge in [0.25, 0.3) is 0 Å². The Hall–Kier alpha value is -2.28. The molecule has 0 saturated carbocycles. The maximum absolute atomic E-state index is 8.86. The third-order valence-corrected chi connectivity index (χ3v) is 2.84. The Bertz CT molecular complexity index is 550. The van der Waals surface area contributed by atoms with Gasteiger partial charge in [-0.2, -0.15) is 10.4 Å². The maximum Gasteiger partial charge on any atom is 0.180 e. The summed E-state index contributed by atoms with van der Waals surface area (Å²) in [5.74, 6) is 0. The Labute approximate surface area is 93.1 Å². The van der Waals surface area contributed by atoms with Crippen molar-refractivity contribution >= 4 is 0 Å². The molecule has 1 aromatic carbocycles. The Morgan fingerprint density at radius 1 is 1.25 bits per heavy atom. The van der Waals surface area contributed by atoms with Crippen LogP contribution in [-0.2, 0) is 13.1 Å². The van der Waals surface area contributed by atoms with Crippen molar-refractivity contribution in [1.82, 2.24) is 15.1 Å². The summed E-state index contributed by atoms with van der Waals surface area (Å²) in [5, 5.41) is 16.2. The summed E-state index contributed by atoms with van der Waals surface area (Å²) in [5.41, 5.74) is 4.27. The third-order valence-electron chi connectivity index (χ3n) is 2.84. The van der Waals surface area contributed by atoms with Crippen molar-refractivity contribution in [1.29, 1.82) is 5.26 Å². The Balaban J connectivity index is 2.04. The highest BCUT2D eigenvalue weighted by atomic mass is 15.2. The average molecular weight is 210 g/mol. The van der Waals surface area contributed by atoms with Crippen LogP contribution in [-0.4, -0.2) is 15.1 Å². The van der Waals surface area contributed by atoms with Crippen LogP contribution < -0.4 is 0 Å². The van der Waals surface area contributed by atoms with Gasteiger partial charge in [0.05, 0.1) is 24.5 Å². The molecule has 0 fully saturated rings. The van der Waals surface area contributed by atoms with E-state index in [4.69, 9.17) is 5.26 Å². The number of hydrogen-bond donors (Lipinski definition) is 1. The first kappa shape index (κ1) is 8.98. The first-order chi connectivity index (χ1) is 7.88. The number of benzene rings is 1. The molecule has 1 aliphatic rings. The van der Waals surface area contributed by atoms with E-state index in [1.54, 1.807) is 4.90 Å². The maximum atomic E-state index is 8.86. The highest BCUT2D eigenvalue weighted by Crippen LogP contribution is 2.29. The molecule has 1 aromatic heterocycles. The van der Waals surface area contributed by atoms with Crippen LogP contribution in [0.15, 0.2) is 30.3 Å². The van der Waals surface area contributed by atoms with Gasteiger partial charge in [-0.25, -0.2) is 0 Å². The minimum absolute atomic E-state index is 0.645. The summed E-state index contributed by atoms with van der Waals surface area (Å²) in [7, 11) is 0. The van der Waals surface area contributed by atoms with Crippen molar-refractivity contribution in [3.63, 3.8) is 0 Å². The molecule has 78 valence electrons. The summed E-state index contributed by atoms with van der Waals surface area (Å²) >= 11 is 0. The van der Waals surface area contributed by atoms with Crippen LogP contribution >= 0.6 is 0 Å². The first-order valence-electron chi connectivity index (χ1n) is 5.14. The van der Waals surface area contributed by atoms with E-state index in [9.17, 15) is 0 Å². The first-order valence-corrected chi connectivity index (χ1v) is 5.14. The Morgan fingerprint density at radius 3 is 2.81 bits per heavy atom. The lowest BCUT2D eigenvalue weighted by molar-refractivity contribution is 0.412. The Morgan fingerprint density at radius 2 is 2.06 bits per heavy atom. The zero-order valence-electron chi connectivity index (χ0n) is 8.64. The van der Waals surface area contributed by atoms with Gasteiger partial charge in [-0.05, 0) is 0 Å². The van der Waals surface area contributed by atoms with E-state index in [1.165, 1.54) is 0 Å². The van der Waals surface area contributed by atoms with Gasteiger partial charge in [0.2, 0.25) is 0 Å². The van der Waals surface area contributed by atoms with E-state index in [-0.39, 0.29) is 0 Å². The molecule has 4 nitrogen and oxygen atoms in total. The van der Waals surface area contributed by atoms with Crippen LogP contribution in [0.3, 0.4) is 0 Å². The van der Waals surface area contributed by atoms with E-state index < -0.39 is 0 Å². The summed E-state index contributed by atoms with van der Waals surface area (Å²) < 4.78 is 0. The van der Waals surface area contributed by atoms with E-state index in [0.29, 0.717) is 13.1 Å². The number of nitrogens with one attached hydrogen (secondary N) is 1. The molecule has 2 heterocycles. The minimum Gasteiger partial charge on any atom is -0.300 e. The van der Waals surface area contributed by atoms with Gasteiger partial charge in [0.1, 0.15) is 0 Å². The summed E-state index contributed by atoms with van der Waals surface area (Å²) in [6.07, 6.45) is 2.16. The highest BCUT2D eigenvalue weighted by molar-refractivity contribution is 5.64. The van der Waals surface area contributed by atoms with E-state index in [2.05, 4.69) is 16.4 Å². The number of nitrogens with zero attached hydrogens (tertiary/aromatic N) is 3. The molecule has 0 radical (unpaired) electrons. The molecule has 4 heteroatoms. The predicted molar refractivity (Wildman–Crippen MR) is 58.9 cm³/mol. The number of fused-ring (bicyclic) bond motifs is 1. The molecule has 2 aromatic rings. The molecule has 1 aliphatic heterocycles. The van der Waals surface area contributed by atoms with Gasteiger partial charge < -0.3 is 4.90 Å². The average Bonchev–Trinajstić information content (AvgIpc) is 2.88. The second kappa shape index (κ2) is 3.38. The van der Waals surface area contributed by atoms with Crippen LogP contribution in [0.25, 0.3) is 11.3 Å². The lowest BCUT2D eigenvalue weighted by Gasteiger charge is -2.04. The standard InChI is InChI=1S/C12H10N4/c13-8-16-6-10-11(7-16)14-15-12(10)9-4-2-1-3-5-9/h1-5H,6-7H2,(H,14,15). The number of H-pyrrole nitrogens is 1. The molecule has 0 aliphatic carbocycles. The lowest BCUT2D eigenvalue weighted by atomic mass is 10.1. The number of hydrogen-bond acceptors (Lipinski definition) is 3. The summed E-state index contributed by atoms with van der Waals surface area (Å²) in [6.45, 7) is 1.30. The number of aromatic nitrogens is 2. The predicted octanol–water partition coefficient (Wildman–Crippen LogP) is 1.87. The fraction of sp³-hybridized carbons (Fsp3) is 0.167. The van der Waals surface area contributed by atoms with Crippen molar-refractivity contribution < 1.29 is 0 Å². The number of rotatable bonds is 1. The summed E-state index contributed by atoms with van der Waals surface area (Å²) in [6, 6.07) is 10.0. The van der Waals surface area contributed by atoms with Crippen molar-refractivity contribution in [3.05, 3.63) is 41.6 Å². The quantitative estimate of drug-likeness (QED) is 0.731. The van der Waals surface area contributed by atoms with E-state index in [1.807, 2.05) is 30.3 Å². The lowest BCUT2D eigenvalue weighted by Crippen LogP contribution is -2.08. The van der Waals surface area contributed by atoms with Crippen LogP contribution in [0, 0.1) is 11.5 Å². The van der Waals surface area contributed by atoms with Gasteiger partial charge in [-0.15, -0.1) is 0 Å². The SMILES string of the molecule is N#CN1Cc2[nH]nc(-c3ccccc3)c2C1. The van der Waals surface area contributed by atoms with Gasteiger partial charge in [-0.3, -0.25) is 5.10 Å². The summed E-state index contributed by atoms with van der Waals surface area (Å²) in [4.78, 5) is 1.72. The molecule has 0 bridgehead atoms. The highest BCUT2D eigenvalue weighted by Gasteiger charge is 2.24. The fourth-order valence-corrected chi connectivity index (χ4v) is 2.05. The van der Waals surface area contributed by atoms with Crippen LogP contribution in [0.5, 0.6) is 0 Å². The molecule has 0 unspecified atom stereocenters. The van der Waals surface area contributed by atoms with Crippen LogP contribution in [0.4, 0.5) is 0 Å². The molecular formula is C12H10N4. The molecule has 16 heavy (non-hydrogen) atoms.